The van der Waals surface area contributed by atoms with Crippen molar-refractivity contribution in [2.75, 3.05) is 13.1 Å². The largest absolute Gasteiger partial charge is 0.461 e. The van der Waals surface area contributed by atoms with Crippen molar-refractivity contribution in [1.29, 1.82) is 0 Å². The highest BCUT2D eigenvalue weighted by molar-refractivity contribution is 6.35. The molecule has 2 aromatic carbocycles. The highest BCUT2D eigenvalue weighted by Crippen LogP contribution is 2.32. The Balaban J connectivity index is 1.32. The topological polar surface area (TPSA) is 33.5 Å². The lowest BCUT2D eigenvalue weighted by molar-refractivity contribution is -0.132. The van der Waals surface area contributed by atoms with E-state index in [1.165, 1.54) is 0 Å². The molecular weight excluding hydrogens is 381 g/mol. The zero-order chi connectivity index (χ0) is 18.8. The number of benzene rings is 2. The molecule has 1 fully saturated rings. The molecule has 1 amide bonds. The fourth-order valence-electron chi connectivity index (χ4n) is 3.74. The molecular formula is C22H21Cl2NO2. The third-order valence-corrected chi connectivity index (χ3v) is 5.90. The second kappa shape index (κ2) is 7.95. The molecule has 4 rings (SSSR count). The number of halogens is 2. The highest BCUT2D eigenvalue weighted by Gasteiger charge is 2.25. The minimum atomic E-state index is 0.184. The lowest BCUT2D eigenvalue weighted by Crippen LogP contribution is -2.38. The van der Waals surface area contributed by atoms with Crippen molar-refractivity contribution in [2.45, 2.75) is 31.6 Å². The van der Waals surface area contributed by atoms with Gasteiger partial charge in [-0.05, 0) is 49.1 Å². The summed E-state index contributed by atoms with van der Waals surface area (Å²) < 4.78 is 6.00. The quantitative estimate of drug-likeness (QED) is 0.530. The van der Waals surface area contributed by atoms with Crippen LogP contribution < -0.4 is 0 Å². The van der Waals surface area contributed by atoms with Gasteiger partial charge in [-0.15, -0.1) is 0 Å². The van der Waals surface area contributed by atoms with Gasteiger partial charge in [-0.25, -0.2) is 0 Å². The van der Waals surface area contributed by atoms with E-state index in [1.54, 1.807) is 6.07 Å². The normalized spacial score (nSPS) is 15.4. The van der Waals surface area contributed by atoms with Crippen molar-refractivity contribution in [1.82, 2.24) is 4.90 Å². The van der Waals surface area contributed by atoms with Gasteiger partial charge in [-0.2, -0.15) is 0 Å². The van der Waals surface area contributed by atoms with Gasteiger partial charge in [0.1, 0.15) is 11.3 Å². The fourth-order valence-corrected chi connectivity index (χ4v) is 4.24. The van der Waals surface area contributed by atoms with Crippen molar-refractivity contribution in [3.05, 3.63) is 69.9 Å². The Labute approximate surface area is 168 Å². The van der Waals surface area contributed by atoms with Gasteiger partial charge < -0.3 is 9.32 Å². The first-order chi connectivity index (χ1) is 13.1. The molecule has 0 bridgehead atoms. The molecule has 0 unspecified atom stereocenters. The van der Waals surface area contributed by atoms with Crippen LogP contribution >= 0.6 is 23.2 Å². The van der Waals surface area contributed by atoms with Crippen LogP contribution in [0.15, 0.2) is 52.9 Å². The maximum atomic E-state index is 12.6. The number of hydrogen-bond acceptors (Lipinski definition) is 2. The first kappa shape index (κ1) is 18.4. The Kier molecular flexibility index (Phi) is 5.42. The van der Waals surface area contributed by atoms with E-state index in [4.69, 9.17) is 27.6 Å². The van der Waals surface area contributed by atoms with Crippen molar-refractivity contribution < 1.29 is 9.21 Å². The number of likely N-dealkylation sites (tertiary alicyclic amines) is 1. The maximum absolute atomic E-state index is 12.6. The van der Waals surface area contributed by atoms with E-state index in [1.807, 2.05) is 35.2 Å². The smallest absolute Gasteiger partial charge is 0.222 e. The van der Waals surface area contributed by atoms with Gasteiger partial charge in [0.25, 0.3) is 0 Å². The zero-order valence-corrected chi connectivity index (χ0v) is 16.5. The molecule has 0 N–H and O–H groups in total. The number of carbonyl (C=O) groups is 1. The van der Waals surface area contributed by atoms with Gasteiger partial charge in [-0.3, -0.25) is 4.79 Å². The van der Waals surface area contributed by atoms with Gasteiger partial charge in [0, 0.05) is 40.9 Å². The summed E-state index contributed by atoms with van der Waals surface area (Å²) in [5.74, 6) is 1.60. The standard InChI is InChI=1S/C22H21Cl2NO2/c23-18-7-5-15(19(24)14-18)6-8-22(26)25-11-9-16(10-12-25)21-13-17-3-1-2-4-20(17)27-21/h1-5,7,13-14,16H,6,8-12H2. The van der Waals surface area contributed by atoms with Crippen LogP contribution in [0.1, 0.15) is 36.5 Å². The summed E-state index contributed by atoms with van der Waals surface area (Å²) in [5, 5.41) is 2.38. The van der Waals surface area contributed by atoms with Crippen LogP contribution in [-0.4, -0.2) is 23.9 Å². The van der Waals surface area contributed by atoms with Gasteiger partial charge in [0.05, 0.1) is 0 Å². The van der Waals surface area contributed by atoms with E-state index >= 15 is 0 Å². The summed E-state index contributed by atoms with van der Waals surface area (Å²) >= 11 is 12.1. The Morgan fingerprint density at radius 3 is 2.59 bits per heavy atom. The van der Waals surface area contributed by atoms with Crippen molar-refractivity contribution in [2.24, 2.45) is 0 Å². The zero-order valence-electron chi connectivity index (χ0n) is 15.0. The van der Waals surface area contributed by atoms with Crippen LogP contribution in [0.3, 0.4) is 0 Å². The molecule has 0 aliphatic carbocycles. The average molecular weight is 402 g/mol. The molecule has 1 aromatic heterocycles. The molecule has 1 saturated heterocycles. The lowest BCUT2D eigenvalue weighted by Gasteiger charge is -2.31. The lowest BCUT2D eigenvalue weighted by atomic mass is 9.94. The number of carbonyl (C=O) groups excluding carboxylic acids is 1. The molecule has 0 atom stereocenters. The molecule has 1 aliphatic heterocycles. The minimum Gasteiger partial charge on any atom is -0.461 e. The molecule has 3 aromatic rings. The second-order valence-electron chi connectivity index (χ2n) is 7.08. The van der Waals surface area contributed by atoms with Crippen LogP contribution in [0.2, 0.25) is 10.0 Å². The van der Waals surface area contributed by atoms with E-state index in [9.17, 15) is 4.79 Å². The number of furan rings is 1. The van der Waals surface area contributed by atoms with Crippen LogP contribution in [0.5, 0.6) is 0 Å². The van der Waals surface area contributed by atoms with Crippen molar-refractivity contribution in [3.63, 3.8) is 0 Å². The number of fused-ring (bicyclic) bond motifs is 1. The summed E-state index contributed by atoms with van der Waals surface area (Å²) in [6.07, 6.45) is 2.98. The van der Waals surface area contributed by atoms with Crippen LogP contribution in [0.4, 0.5) is 0 Å². The first-order valence-corrected chi connectivity index (χ1v) is 10.1. The van der Waals surface area contributed by atoms with E-state index < -0.39 is 0 Å². The summed E-state index contributed by atoms with van der Waals surface area (Å²) in [6, 6.07) is 15.7. The maximum Gasteiger partial charge on any atom is 0.222 e. The number of aryl methyl sites for hydroxylation is 1. The molecule has 3 nitrogen and oxygen atoms in total. The third kappa shape index (κ3) is 4.15. The number of nitrogens with zero attached hydrogens (tertiary/aromatic N) is 1. The monoisotopic (exact) mass is 401 g/mol. The van der Waals surface area contributed by atoms with Crippen molar-refractivity contribution in [3.8, 4) is 0 Å². The predicted molar refractivity (Wildman–Crippen MR) is 110 cm³/mol. The molecule has 140 valence electrons. The molecule has 0 saturated carbocycles. The Morgan fingerprint density at radius 2 is 1.85 bits per heavy atom. The van der Waals surface area contributed by atoms with Crippen molar-refractivity contribution >= 4 is 40.1 Å². The second-order valence-corrected chi connectivity index (χ2v) is 7.92. The number of para-hydroxylation sites is 1. The Bertz CT molecular complexity index is 925. The Hall–Kier alpha value is -1.97. The van der Waals surface area contributed by atoms with E-state index in [-0.39, 0.29) is 5.91 Å². The van der Waals surface area contributed by atoms with E-state index in [2.05, 4.69) is 12.1 Å². The van der Waals surface area contributed by atoms with Crippen LogP contribution in [0.25, 0.3) is 11.0 Å². The minimum absolute atomic E-state index is 0.184. The molecule has 0 spiro atoms. The summed E-state index contributed by atoms with van der Waals surface area (Å²) in [7, 11) is 0. The third-order valence-electron chi connectivity index (χ3n) is 5.32. The summed E-state index contributed by atoms with van der Waals surface area (Å²) in [6.45, 7) is 1.55. The molecule has 1 aliphatic rings. The van der Waals surface area contributed by atoms with Crippen LogP contribution in [0, 0.1) is 0 Å². The number of hydrogen-bond donors (Lipinski definition) is 0. The van der Waals surface area contributed by atoms with Gasteiger partial charge in [0.2, 0.25) is 5.91 Å². The first-order valence-electron chi connectivity index (χ1n) is 9.30. The van der Waals surface area contributed by atoms with Gasteiger partial charge in [-0.1, -0.05) is 47.5 Å². The van der Waals surface area contributed by atoms with Crippen LogP contribution in [-0.2, 0) is 11.2 Å². The van der Waals surface area contributed by atoms with E-state index in [0.29, 0.717) is 28.8 Å². The molecule has 2 heterocycles. The van der Waals surface area contributed by atoms with Gasteiger partial charge in [0.15, 0.2) is 0 Å². The number of piperidine rings is 1. The Morgan fingerprint density at radius 1 is 1.07 bits per heavy atom. The highest BCUT2D eigenvalue weighted by atomic mass is 35.5. The summed E-state index contributed by atoms with van der Waals surface area (Å²) in [4.78, 5) is 14.5. The van der Waals surface area contributed by atoms with Gasteiger partial charge >= 0.3 is 0 Å². The fraction of sp³-hybridized carbons (Fsp3) is 0.318. The number of rotatable bonds is 4. The molecule has 5 heteroatoms. The molecule has 0 radical (unpaired) electrons. The average Bonchev–Trinajstić information content (AvgIpc) is 3.11. The van der Waals surface area contributed by atoms with E-state index in [0.717, 1.165) is 48.2 Å². The predicted octanol–water partition coefficient (Wildman–Crippen LogP) is 6.08. The molecule has 27 heavy (non-hydrogen) atoms. The SMILES string of the molecule is O=C(CCc1ccc(Cl)cc1Cl)N1CCC(c2cc3ccccc3o2)CC1. The number of amides is 1. The summed E-state index contributed by atoms with van der Waals surface area (Å²) in [5.41, 5.74) is 1.90.